The zero-order valence-corrected chi connectivity index (χ0v) is 14.0. The first kappa shape index (κ1) is 17.5. The van der Waals surface area contributed by atoms with E-state index in [0.29, 0.717) is 18.0 Å². The molecule has 0 atom stereocenters. The van der Waals surface area contributed by atoms with E-state index in [1.165, 1.54) is 36.2 Å². The third kappa shape index (κ3) is 4.54. The highest BCUT2D eigenvalue weighted by molar-refractivity contribution is 7.89. The van der Waals surface area contributed by atoms with Crippen molar-refractivity contribution in [2.24, 2.45) is 0 Å². The number of sulfonamides is 1. The molecule has 0 unspecified atom stereocenters. The topological polar surface area (TPSA) is 90.3 Å². The van der Waals surface area contributed by atoms with Gasteiger partial charge in [0.1, 0.15) is 10.6 Å². The molecule has 0 aliphatic rings. The summed E-state index contributed by atoms with van der Waals surface area (Å²) >= 11 is 5.84. The smallest absolute Gasteiger partial charge is 0.266 e. The first-order chi connectivity index (χ1) is 10.9. The molecule has 124 valence electrons. The van der Waals surface area contributed by atoms with E-state index in [2.05, 4.69) is 9.82 Å². The molecule has 23 heavy (non-hydrogen) atoms. The molecule has 0 bridgehead atoms. The van der Waals surface area contributed by atoms with Crippen LogP contribution < -0.4 is 15.0 Å². The van der Waals surface area contributed by atoms with Gasteiger partial charge < -0.3 is 4.74 Å². The van der Waals surface area contributed by atoms with Crippen LogP contribution >= 0.6 is 11.6 Å². The summed E-state index contributed by atoms with van der Waals surface area (Å²) in [5.41, 5.74) is -0.230. The first-order valence-electron chi connectivity index (χ1n) is 6.79. The molecule has 1 aromatic carbocycles. The highest BCUT2D eigenvalue weighted by atomic mass is 35.5. The maximum absolute atomic E-state index is 12.3. The largest absolute Gasteiger partial charge is 0.495 e. The van der Waals surface area contributed by atoms with Gasteiger partial charge in [-0.05, 0) is 30.7 Å². The minimum atomic E-state index is -3.76. The number of aromatic nitrogens is 2. The summed E-state index contributed by atoms with van der Waals surface area (Å²) in [7, 11) is -2.37. The van der Waals surface area contributed by atoms with Crippen LogP contribution in [0.5, 0.6) is 5.75 Å². The molecule has 0 aliphatic carbocycles. The standard InChI is InChI=1S/C14H16ClN3O4S/c1-22-12-6-5-11(15)10-13(12)23(20,21)17-8-3-9-18-14(19)4-2-7-16-18/h2,4-7,10,17H,3,8-9H2,1H3. The quantitative estimate of drug-likeness (QED) is 0.754. The summed E-state index contributed by atoms with van der Waals surface area (Å²) in [4.78, 5) is 11.5. The molecule has 9 heteroatoms. The number of aryl methyl sites for hydroxylation is 1. The van der Waals surface area contributed by atoms with E-state index in [1.54, 1.807) is 12.1 Å². The van der Waals surface area contributed by atoms with Gasteiger partial charge in [-0.25, -0.2) is 17.8 Å². The van der Waals surface area contributed by atoms with E-state index in [-0.39, 0.29) is 22.7 Å². The predicted octanol–water partition coefficient (Wildman–Crippen LogP) is 1.27. The van der Waals surface area contributed by atoms with Gasteiger partial charge in [-0.15, -0.1) is 0 Å². The summed E-state index contributed by atoms with van der Waals surface area (Å²) in [5, 5.41) is 4.20. The summed E-state index contributed by atoms with van der Waals surface area (Å²) in [6, 6.07) is 7.31. The van der Waals surface area contributed by atoms with E-state index in [4.69, 9.17) is 16.3 Å². The lowest BCUT2D eigenvalue weighted by molar-refractivity contribution is 0.402. The van der Waals surface area contributed by atoms with Crippen LogP contribution in [-0.2, 0) is 16.6 Å². The number of hydrogen-bond acceptors (Lipinski definition) is 5. The second-order valence-electron chi connectivity index (χ2n) is 4.63. The van der Waals surface area contributed by atoms with Crippen molar-refractivity contribution >= 4 is 21.6 Å². The van der Waals surface area contributed by atoms with Crippen molar-refractivity contribution in [1.82, 2.24) is 14.5 Å². The third-order valence-electron chi connectivity index (χ3n) is 3.04. The summed E-state index contributed by atoms with van der Waals surface area (Å²) in [5.74, 6) is 0.211. The van der Waals surface area contributed by atoms with E-state index < -0.39 is 10.0 Å². The zero-order chi connectivity index (χ0) is 16.9. The third-order valence-corrected chi connectivity index (χ3v) is 4.76. The van der Waals surface area contributed by atoms with Gasteiger partial charge in [0.25, 0.3) is 5.56 Å². The number of methoxy groups -OCH3 is 1. The SMILES string of the molecule is COc1ccc(Cl)cc1S(=O)(=O)NCCCn1ncccc1=O. The summed E-state index contributed by atoms with van der Waals surface area (Å²) in [6.07, 6.45) is 1.92. The van der Waals surface area contributed by atoms with Crippen LogP contribution in [0.1, 0.15) is 6.42 Å². The van der Waals surface area contributed by atoms with Crippen molar-refractivity contribution in [3.63, 3.8) is 0 Å². The Morgan fingerprint density at radius 1 is 1.35 bits per heavy atom. The Hall–Kier alpha value is -1.90. The molecule has 2 rings (SSSR count). The van der Waals surface area contributed by atoms with E-state index in [9.17, 15) is 13.2 Å². The van der Waals surface area contributed by atoms with Crippen molar-refractivity contribution in [3.8, 4) is 5.75 Å². The fourth-order valence-corrected chi connectivity index (χ4v) is 3.43. The Kier molecular flexibility index (Phi) is 5.75. The number of ether oxygens (including phenoxy) is 1. The molecule has 0 spiro atoms. The Balaban J connectivity index is 2.01. The second-order valence-corrected chi connectivity index (χ2v) is 6.80. The fourth-order valence-electron chi connectivity index (χ4n) is 1.93. The van der Waals surface area contributed by atoms with Crippen LogP contribution in [0, 0.1) is 0 Å². The predicted molar refractivity (Wildman–Crippen MR) is 86.3 cm³/mol. The molecule has 1 heterocycles. The van der Waals surface area contributed by atoms with Crippen LogP contribution in [0.25, 0.3) is 0 Å². The van der Waals surface area contributed by atoms with Crippen molar-refractivity contribution in [3.05, 3.63) is 51.9 Å². The molecule has 1 aromatic heterocycles. The molecule has 0 saturated heterocycles. The van der Waals surface area contributed by atoms with Gasteiger partial charge in [0.05, 0.1) is 7.11 Å². The summed E-state index contributed by atoms with van der Waals surface area (Å²) < 4.78 is 33.4. The molecule has 0 saturated carbocycles. The van der Waals surface area contributed by atoms with Crippen LogP contribution in [0.3, 0.4) is 0 Å². The summed E-state index contributed by atoms with van der Waals surface area (Å²) in [6.45, 7) is 0.468. The van der Waals surface area contributed by atoms with Gasteiger partial charge >= 0.3 is 0 Å². The first-order valence-corrected chi connectivity index (χ1v) is 8.65. The molecule has 0 fully saturated rings. The van der Waals surface area contributed by atoms with Gasteiger partial charge in [-0.1, -0.05) is 11.6 Å². The van der Waals surface area contributed by atoms with E-state index in [1.807, 2.05) is 0 Å². The van der Waals surface area contributed by atoms with Gasteiger partial charge in [-0.3, -0.25) is 4.79 Å². The maximum Gasteiger partial charge on any atom is 0.266 e. The van der Waals surface area contributed by atoms with Gasteiger partial charge in [0.2, 0.25) is 10.0 Å². The maximum atomic E-state index is 12.3. The number of rotatable bonds is 7. The van der Waals surface area contributed by atoms with E-state index >= 15 is 0 Å². The number of nitrogens with zero attached hydrogens (tertiary/aromatic N) is 2. The fraction of sp³-hybridized carbons (Fsp3) is 0.286. The molecule has 2 aromatic rings. The molecule has 0 aliphatic heterocycles. The Morgan fingerprint density at radius 2 is 2.13 bits per heavy atom. The second kappa shape index (κ2) is 7.58. The molecule has 0 amide bonds. The number of benzene rings is 1. The van der Waals surface area contributed by atoms with Gasteiger partial charge in [0.15, 0.2) is 0 Å². The lowest BCUT2D eigenvalue weighted by Crippen LogP contribution is -2.28. The van der Waals surface area contributed by atoms with Crippen LogP contribution in [0.2, 0.25) is 5.02 Å². The number of nitrogens with one attached hydrogen (secondary N) is 1. The van der Waals surface area contributed by atoms with Crippen molar-refractivity contribution in [2.75, 3.05) is 13.7 Å². The Morgan fingerprint density at radius 3 is 2.83 bits per heavy atom. The zero-order valence-electron chi connectivity index (χ0n) is 12.4. The minimum absolute atomic E-state index is 0.0255. The van der Waals surface area contributed by atoms with E-state index in [0.717, 1.165) is 0 Å². The number of halogens is 1. The molecule has 0 radical (unpaired) electrons. The molecule has 1 N–H and O–H groups in total. The van der Waals surface area contributed by atoms with Crippen molar-refractivity contribution < 1.29 is 13.2 Å². The molecular weight excluding hydrogens is 342 g/mol. The van der Waals surface area contributed by atoms with Gasteiger partial charge in [-0.2, -0.15) is 5.10 Å². The lowest BCUT2D eigenvalue weighted by Gasteiger charge is -2.11. The highest BCUT2D eigenvalue weighted by Gasteiger charge is 2.19. The number of hydrogen-bond donors (Lipinski definition) is 1. The Bertz CT molecular complexity index is 836. The normalized spacial score (nSPS) is 11.4. The monoisotopic (exact) mass is 357 g/mol. The Labute approximate surface area is 138 Å². The molecule has 7 nitrogen and oxygen atoms in total. The average Bonchev–Trinajstić information content (AvgIpc) is 2.53. The van der Waals surface area contributed by atoms with Crippen LogP contribution in [0.4, 0.5) is 0 Å². The van der Waals surface area contributed by atoms with Crippen LogP contribution in [0.15, 0.2) is 46.2 Å². The minimum Gasteiger partial charge on any atom is -0.495 e. The van der Waals surface area contributed by atoms with Crippen molar-refractivity contribution in [1.29, 1.82) is 0 Å². The van der Waals surface area contributed by atoms with Gasteiger partial charge in [0, 0.05) is 30.4 Å². The average molecular weight is 358 g/mol. The van der Waals surface area contributed by atoms with Crippen LogP contribution in [-0.4, -0.2) is 31.9 Å². The van der Waals surface area contributed by atoms with Crippen molar-refractivity contribution in [2.45, 2.75) is 17.9 Å². The lowest BCUT2D eigenvalue weighted by atomic mass is 10.3. The highest BCUT2D eigenvalue weighted by Crippen LogP contribution is 2.26. The molecular formula is C14H16ClN3O4S.